The lowest BCUT2D eigenvalue weighted by molar-refractivity contribution is 0.402. The molecule has 0 N–H and O–H groups in total. The average molecular weight is 293 g/mol. The third-order valence-electron chi connectivity index (χ3n) is 2.80. The Kier molecular flexibility index (Phi) is 3.08. The number of hydrogen-bond acceptors (Lipinski definition) is 6. The average Bonchev–Trinajstić information content (AvgIpc) is 3.00. The van der Waals surface area contributed by atoms with Crippen molar-refractivity contribution in [2.75, 3.05) is 7.11 Å². The van der Waals surface area contributed by atoms with Crippen LogP contribution in [0.25, 0.3) is 10.2 Å². The number of ether oxygens (including phenoxy) is 1. The fraction of sp³-hybridized carbons (Fsp3) is 0.250. The highest BCUT2D eigenvalue weighted by Crippen LogP contribution is 2.20. The molecule has 0 atom stereocenters. The zero-order valence-electron chi connectivity index (χ0n) is 10.4. The molecule has 0 saturated heterocycles. The number of nitrogens with zero attached hydrogens (tertiary/aromatic N) is 3. The summed E-state index contributed by atoms with van der Waals surface area (Å²) in [6.07, 6.45) is 1.59. The number of aromatic nitrogens is 3. The Balaban J connectivity index is 2.01. The smallest absolute Gasteiger partial charge is 0.271 e. The second-order valence-corrected chi connectivity index (χ2v) is 5.88. The maximum Gasteiger partial charge on any atom is 0.271 e. The fourth-order valence-corrected chi connectivity index (χ4v) is 3.44. The lowest BCUT2D eigenvalue weighted by Gasteiger charge is -2.02. The predicted octanol–water partition coefficient (Wildman–Crippen LogP) is 2.28. The summed E-state index contributed by atoms with van der Waals surface area (Å²) in [7, 11) is 1.58. The first-order valence-corrected chi connectivity index (χ1v) is 7.27. The summed E-state index contributed by atoms with van der Waals surface area (Å²) in [5.41, 5.74) is 1.84. The minimum Gasteiger partial charge on any atom is -0.480 e. The fourth-order valence-electron chi connectivity index (χ4n) is 1.81. The SMILES string of the molecule is COc1cc(Cn2cnc3c(C)csc3c2=O)sn1. The van der Waals surface area contributed by atoms with Gasteiger partial charge in [0.05, 0.1) is 25.5 Å². The van der Waals surface area contributed by atoms with Gasteiger partial charge < -0.3 is 4.74 Å². The van der Waals surface area contributed by atoms with Crippen LogP contribution in [0, 0.1) is 6.92 Å². The van der Waals surface area contributed by atoms with E-state index in [1.54, 1.807) is 18.0 Å². The molecular weight excluding hydrogens is 282 g/mol. The Morgan fingerprint density at radius 1 is 1.47 bits per heavy atom. The van der Waals surface area contributed by atoms with Gasteiger partial charge in [0.25, 0.3) is 5.56 Å². The van der Waals surface area contributed by atoms with Crippen LogP contribution in [0.5, 0.6) is 5.88 Å². The van der Waals surface area contributed by atoms with E-state index in [9.17, 15) is 4.79 Å². The first kappa shape index (κ1) is 12.3. The van der Waals surface area contributed by atoms with Crippen molar-refractivity contribution >= 4 is 33.1 Å². The topological polar surface area (TPSA) is 57.0 Å². The Morgan fingerprint density at radius 3 is 3.05 bits per heavy atom. The Morgan fingerprint density at radius 2 is 2.32 bits per heavy atom. The van der Waals surface area contributed by atoms with Gasteiger partial charge in [-0.2, -0.15) is 4.37 Å². The summed E-state index contributed by atoms with van der Waals surface area (Å²) >= 11 is 2.77. The molecule has 3 aromatic heterocycles. The third-order valence-corrected chi connectivity index (χ3v) is 4.62. The van der Waals surface area contributed by atoms with Crippen LogP contribution in [0.1, 0.15) is 10.4 Å². The van der Waals surface area contributed by atoms with E-state index in [0.717, 1.165) is 16.0 Å². The number of fused-ring (bicyclic) bond motifs is 1. The van der Waals surface area contributed by atoms with Gasteiger partial charge in [-0.15, -0.1) is 11.3 Å². The normalized spacial score (nSPS) is 11.1. The summed E-state index contributed by atoms with van der Waals surface area (Å²) in [6.45, 7) is 2.43. The zero-order chi connectivity index (χ0) is 13.4. The van der Waals surface area contributed by atoms with E-state index in [0.29, 0.717) is 17.1 Å². The van der Waals surface area contributed by atoms with Gasteiger partial charge >= 0.3 is 0 Å². The van der Waals surface area contributed by atoms with Crippen LogP contribution in [-0.4, -0.2) is 21.0 Å². The number of rotatable bonds is 3. The summed E-state index contributed by atoms with van der Waals surface area (Å²) in [4.78, 5) is 17.6. The molecular formula is C12H11N3O2S2. The summed E-state index contributed by atoms with van der Waals surface area (Å²) in [5, 5.41) is 1.96. The molecule has 0 aromatic carbocycles. The van der Waals surface area contributed by atoms with Gasteiger partial charge in [-0.1, -0.05) is 0 Å². The van der Waals surface area contributed by atoms with Crippen LogP contribution in [0.2, 0.25) is 0 Å². The molecule has 19 heavy (non-hydrogen) atoms. The highest BCUT2D eigenvalue weighted by molar-refractivity contribution is 7.17. The zero-order valence-corrected chi connectivity index (χ0v) is 12.0. The van der Waals surface area contributed by atoms with E-state index >= 15 is 0 Å². The van der Waals surface area contributed by atoms with E-state index in [2.05, 4.69) is 9.36 Å². The van der Waals surface area contributed by atoms with E-state index in [1.165, 1.54) is 22.9 Å². The van der Waals surface area contributed by atoms with Crippen molar-refractivity contribution < 1.29 is 4.74 Å². The van der Waals surface area contributed by atoms with Crippen LogP contribution in [0.15, 0.2) is 22.6 Å². The molecule has 0 bridgehead atoms. The predicted molar refractivity (Wildman–Crippen MR) is 76.4 cm³/mol. The molecule has 0 aliphatic heterocycles. The van der Waals surface area contributed by atoms with Crippen LogP contribution in [0.4, 0.5) is 0 Å². The van der Waals surface area contributed by atoms with Gasteiger partial charge in [-0.3, -0.25) is 9.36 Å². The van der Waals surface area contributed by atoms with Crippen LogP contribution in [-0.2, 0) is 6.54 Å². The van der Waals surface area contributed by atoms with Gasteiger partial charge in [0, 0.05) is 10.9 Å². The van der Waals surface area contributed by atoms with Gasteiger partial charge in [-0.25, -0.2) is 4.98 Å². The summed E-state index contributed by atoms with van der Waals surface area (Å²) in [5.74, 6) is 0.578. The van der Waals surface area contributed by atoms with Gasteiger partial charge in [0.2, 0.25) is 5.88 Å². The van der Waals surface area contributed by atoms with Crippen molar-refractivity contribution in [3.63, 3.8) is 0 Å². The first-order chi connectivity index (χ1) is 9.19. The highest BCUT2D eigenvalue weighted by Gasteiger charge is 2.10. The highest BCUT2D eigenvalue weighted by atomic mass is 32.1. The lowest BCUT2D eigenvalue weighted by atomic mass is 10.3. The molecule has 0 aliphatic rings. The molecule has 3 rings (SSSR count). The van der Waals surface area contributed by atoms with Crippen molar-refractivity contribution in [1.29, 1.82) is 0 Å². The molecule has 98 valence electrons. The number of aryl methyl sites for hydroxylation is 1. The number of thiophene rings is 1. The van der Waals surface area contributed by atoms with Crippen molar-refractivity contribution in [2.45, 2.75) is 13.5 Å². The summed E-state index contributed by atoms with van der Waals surface area (Å²) < 4.78 is 11.5. The molecule has 0 fully saturated rings. The molecule has 0 unspecified atom stereocenters. The Labute approximate surface area is 117 Å². The van der Waals surface area contributed by atoms with E-state index in [-0.39, 0.29) is 5.56 Å². The molecule has 7 heteroatoms. The molecule has 3 heterocycles. The third kappa shape index (κ3) is 2.15. The van der Waals surface area contributed by atoms with Crippen LogP contribution in [0.3, 0.4) is 0 Å². The van der Waals surface area contributed by atoms with Gasteiger partial charge in [0.15, 0.2) is 0 Å². The van der Waals surface area contributed by atoms with Crippen LogP contribution < -0.4 is 10.3 Å². The van der Waals surface area contributed by atoms with Crippen molar-refractivity contribution in [3.05, 3.63) is 38.6 Å². The molecule has 0 aliphatic carbocycles. The molecule has 5 nitrogen and oxygen atoms in total. The van der Waals surface area contributed by atoms with Crippen molar-refractivity contribution in [1.82, 2.24) is 13.9 Å². The second-order valence-electron chi connectivity index (χ2n) is 4.11. The minimum absolute atomic E-state index is 0.00420. The quantitative estimate of drug-likeness (QED) is 0.743. The molecule has 0 spiro atoms. The number of hydrogen-bond donors (Lipinski definition) is 0. The van der Waals surface area contributed by atoms with Crippen molar-refractivity contribution in [2.24, 2.45) is 0 Å². The standard InChI is InChI=1S/C12H11N3O2S2/c1-7-5-18-11-10(7)13-6-15(12(11)16)4-8-3-9(17-2)14-19-8/h3,5-6H,4H2,1-2H3. The van der Waals surface area contributed by atoms with Crippen LogP contribution >= 0.6 is 22.9 Å². The van der Waals surface area contributed by atoms with Gasteiger partial charge in [-0.05, 0) is 29.4 Å². The molecule has 3 aromatic rings. The minimum atomic E-state index is -0.00420. The summed E-state index contributed by atoms with van der Waals surface area (Å²) in [6, 6.07) is 1.83. The largest absolute Gasteiger partial charge is 0.480 e. The first-order valence-electron chi connectivity index (χ1n) is 5.62. The van der Waals surface area contributed by atoms with E-state index in [4.69, 9.17) is 4.74 Å². The molecule has 0 saturated carbocycles. The second kappa shape index (κ2) is 4.75. The Bertz CT molecular complexity index is 788. The number of methoxy groups -OCH3 is 1. The monoisotopic (exact) mass is 293 g/mol. The lowest BCUT2D eigenvalue weighted by Crippen LogP contribution is -2.19. The van der Waals surface area contributed by atoms with E-state index < -0.39 is 0 Å². The maximum absolute atomic E-state index is 12.3. The van der Waals surface area contributed by atoms with E-state index in [1.807, 2.05) is 18.4 Å². The maximum atomic E-state index is 12.3. The van der Waals surface area contributed by atoms with Gasteiger partial charge in [0.1, 0.15) is 4.70 Å². The van der Waals surface area contributed by atoms with Crippen molar-refractivity contribution in [3.8, 4) is 5.88 Å². The molecule has 0 radical (unpaired) electrons. The molecule has 0 amide bonds. The Hall–Kier alpha value is -1.73.